The highest BCUT2D eigenvalue weighted by Gasteiger charge is 2.38. The molecule has 0 aliphatic heterocycles. The van der Waals surface area contributed by atoms with Crippen molar-refractivity contribution in [2.45, 2.75) is 13.1 Å². The van der Waals surface area contributed by atoms with Crippen LogP contribution in [0, 0.1) is 5.92 Å². The van der Waals surface area contributed by atoms with Gasteiger partial charge in [-0.15, -0.1) is 0 Å². The zero-order chi connectivity index (χ0) is 4.73. The zero-order valence-corrected chi connectivity index (χ0v) is 3.74. The van der Waals surface area contributed by atoms with Crippen molar-refractivity contribution in [2.75, 3.05) is 0 Å². The molecule has 2 atom stereocenters. The van der Waals surface area contributed by atoms with Gasteiger partial charge in [-0.05, 0) is 5.57 Å². The van der Waals surface area contributed by atoms with Crippen molar-refractivity contribution in [3.8, 4) is 0 Å². The smallest absolute Gasteiger partial charge is 0.128 e. The third-order valence-corrected chi connectivity index (χ3v) is 1.27. The number of rotatable bonds is 0. The summed E-state index contributed by atoms with van der Waals surface area (Å²) < 4.78 is 11.8. The molecule has 1 saturated carbocycles. The van der Waals surface area contributed by atoms with E-state index in [9.17, 15) is 4.39 Å². The molecule has 6 heavy (non-hydrogen) atoms. The Kier molecular flexibility index (Phi) is 0.536. The molecule has 0 spiro atoms. The molecule has 0 nitrogen and oxygen atoms in total. The Morgan fingerprint density at radius 3 is 2.00 bits per heavy atom. The summed E-state index contributed by atoms with van der Waals surface area (Å²) in [6, 6.07) is 0. The van der Waals surface area contributed by atoms with Crippen LogP contribution in [0.2, 0.25) is 0 Å². The molecule has 1 rings (SSSR count). The van der Waals surface area contributed by atoms with Gasteiger partial charge in [0, 0.05) is 5.92 Å². The maximum Gasteiger partial charge on any atom is 0.128 e. The highest BCUT2D eigenvalue weighted by atomic mass is 19.1. The van der Waals surface area contributed by atoms with Crippen molar-refractivity contribution in [3.63, 3.8) is 0 Å². The summed E-state index contributed by atoms with van der Waals surface area (Å²) in [4.78, 5) is 0. The largest absolute Gasteiger partial charge is 0.242 e. The normalized spacial score (nSPS) is 43.3. The fourth-order valence-electron chi connectivity index (χ4n) is 0.417. The van der Waals surface area contributed by atoms with E-state index in [2.05, 4.69) is 6.58 Å². The summed E-state index contributed by atoms with van der Waals surface area (Å²) in [7, 11) is 0. The molecule has 0 amide bonds. The number of allylic oxidation sites excluding steroid dienone is 1. The second-order valence-electron chi connectivity index (χ2n) is 1.77. The first-order valence-corrected chi connectivity index (χ1v) is 2.06. The standard InChI is InChI=1S/C5H7F/c1-3-4(2)5(3)6/h4-5H,1H2,2H3. The van der Waals surface area contributed by atoms with Gasteiger partial charge in [-0.1, -0.05) is 13.5 Å². The Labute approximate surface area is 36.7 Å². The second kappa shape index (κ2) is 0.837. The monoisotopic (exact) mass is 86.1 g/mol. The van der Waals surface area contributed by atoms with E-state index in [4.69, 9.17) is 0 Å². The van der Waals surface area contributed by atoms with Crippen molar-refractivity contribution in [1.82, 2.24) is 0 Å². The molecule has 1 fully saturated rings. The number of alkyl halides is 1. The van der Waals surface area contributed by atoms with Gasteiger partial charge in [-0.25, -0.2) is 4.39 Å². The highest BCUT2D eigenvalue weighted by Crippen LogP contribution is 2.38. The van der Waals surface area contributed by atoms with Crippen molar-refractivity contribution in [3.05, 3.63) is 12.2 Å². The summed E-state index contributed by atoms with van der Waals surface area (Å²) in [5.74, 6) is 0.157. The van der Waals surface area contributed by atoms with Gasteiger partial charge in [0.25, 0.3) is 0 Å². The van der Waals surface area contributed by atoms with Crippen molar-refractivity contribution >= 4 is 0 Å². The van der Waals surface area contributed by atoms with Gasteiger partial charge in [0.15, 0.2) is 0 Å². The first-order valence-electron chi connectivity index (χ1n) is 2.06. The van der Waals surface area contributed by atoms with Gasteiger partial charge >= 0.3 is 0 Å². The third-order valence-electron chi connectivity index (χ3n) is 1.27. The van der Waals surface area contributed by atoms with E-state index in [1.54, 1.807) is 0 Å². The predicted octanol–water partition coefficient (Wildman–Crippen LogP) is 1.53. The summed E-state index contributed by atoms with van der Waals surface area (Å²) in [5, 5.41) is 0. The average Bonchev–Trinajstić information content (AvgIpc) is 1.94. The van der Waals surface area contributed by atoms with Crippen LogP contribution in [0.1, 0.15) is 6.92 Å². The lowest BCUT2D eigenvalue weighted by Crippen LogP contribution is -1.63. The lowest BCUT2D eigenvalue weighted by atomic mass is 10.5. The maximum absolute atomic E-state index is 11.8. The van der Waals surface area contributed by atoms with Gasteiger partial charge in [0.05, 0.1) is 0 Å². The lowest BCUT2D eigenvalue weighted by molar-refractivity contribution is 0.462. The topological polar surface area (TPSA) is 0 Å². The molecule has 0 saturated heterocycles. The summed E-state index contributed by atoms with van der Waals surface area (Å²) >= 11 is 0. The molecule has 1 aliphatic carbocycles. The Balaban J connectivity index is 2.51. The van der Waals surface area contributed by atoms with Crippen LogP contribution in [-0.4, -0.2) is 6.17 Å². The molecule has 0 heterocycles. The van der Waals surface area contributed by atoms with Gasteiger partial charge in [-0.3, -0.25) is 0 Å². The molecule has 0 aromatic heterocycles. The first kappa shape index (κ1) is 3.85. The highest BCUT2D eigenvalue weighted by molar-refractivity contribution is 5.26. The molecular formula is C5H7F. The molecular weight excluding hydrogens is 79.1 g/mol. The van der Waals surface area contributed by atoms with Gasteiger partial charge in [-0.2, -0.15) is 0 Å². The molecule has 0 radical (unpaired) electrons. The molecule has 0 aromatic carbocycles. The van der Waals surface area contributed by atoms with Crippen molar-refractivity contribution in [2.24, 2.45) is 5.92 Å². The van der Waals surface area contributed by atoms with E-state index in [1.807, 2.05) is 6.92 Å². The van der Waals surface area contributed by atoms with Gasteiger partial charge in [0.1, 0.15) is 6.17 Å². The van der Waals surface area contributed by atoms with E-state index in [1.165, 1.54) is 0 Å². The lowest BCUT2D eigenvalue weighted by Gasteiger charge is -1.61. The molecule has 0 bridgehead atoms. The molecule has 1 aliphatic rings. The van der Waals surface area contributed by atoms with Crippen molar-refractivity contribution < 1.29 is 4.39 Å². The Hall–Kier alpha value is -0.330. The van der Waals surface area contributed by atoms with Crippen LogP contribution in [0.3, 0.4) is 0 Å². The number of hydrogen-bond donors (Lipinski definition) is 0. The van der Waals surface area contributed by atoms with E-state index >= 15 is 0 Å². The SMILES string of the molecule is C=C1C(C)C1F. The van der Waals surface area contributed by atoms with Crippen LogP contribution >= 0.6 is 0 Å². The Morgan fingerprint density at radius 2 is 2.00 bits per heavy atom. The molecule has 0 N–H and O–H groups in total. The second-order valence-corrected chi connectivity index (χ2v) is 1.77. The van der Waals surface area contributed by atoms with Crippen LogP contribution in [0.5, 0.6) is 0 Å². The minimum Gasteiger partial charge on any atom is -0.242 e. The minimum absolute atomic E-state index is 0.157. The van der Waals surface area contributed by atoms with Crippen LogP contribution in [0.4, 0.5) is 4.39 Å². The average molecular weight is 86.1 g/mol. The summed E-state index contributed by atoms with van der Waals surface area (Å²) in [6.45, 7) is 5.29. The van der Waals surface area contributed by atoms with E-state index < -0.39 is 6.17 Å². The van der Waals surface area contributed by atoms with Crippen LogP contribution in [-0.2, 0) is 0 Å². The third kappa shape index (κ3) is 0.280. The number of halogens is 1. The summed E-state index contributed by atoms with van der Waals surface area (Å²) in [6.07, 6.45) is -0.676. The number of hydrogen-bond acceptors (Lipinski definition) is 0. The molecule has 34 valence electrons. The quantitative estimate of drug-likeness (QED) is 0.392. The van der Waals surface area contributed by atoms with E-state index in [0.717, 1.165) is 5.57 Å². The van der Waals surface area contributed by atoms with E-state index in [-0.39, 0.29) is 5.92 Å². The van der Waals surface area contributed by atoms with Crippen LogP contribution in [0.25, 0.3) is 0 Å². The van der Waals surface area contributed by atoms with E-state index in [0.29, 0.717) is 0 Å². The van der Waals surface area contributed by atoms with Crippen molar-refractivity contribution in [1.29, 1.82) is 0 Å². The first-order chi connectivity index (χ1) is 2.73. The molecule has 1 heteroatoms. The predicted molar refractivity (Wildman–Crippen MR) is 23.2 cm³/mol. The Morgan fingerprint density at radius 1 is 1.83 bits per heavy atom. The molecule has 2 unspecified atom stereocenters. The summed E-state index contributed by atoms with van der Waals surface area (Å²) in [5.41, 5.74) is 0.759. The van der Waals surface area contributed by atoms with Gasteiger partial charge < -0.3 is 0 Å². The fourth-order valence-corrected chi connectivity index (χ4v) is 0.417. The van der Waals surface area contributed by atoms with Crippen LogP contribution < -0.4 is 0 Å². The maximum atomic E-state index is 11.8. The van der Waals surface area contributed by atoms with Gasteiger partial charge in [0.2, 0.25) is 0 Å². The zero-order valence-electron chi connectivity index (χ0n) is 3.74. The Bertz CT molecular complexity index is 75.9. The van der Waals surface area contributed by atoms with Crippen LogP contribution in [0.15, 0.2) is 12.2 Å². The fraction of sp³-hybridized carbons (Fsp3) is 0.600. The molecule has 0 aromatic rings. The minimum atomic E-state index is -0.676.